The summed E-state index contributed by atoms with van der Waals surface area (Å²) in [6.07, 6.45) is 2.04. The summed E-state index contributed by atoms with van der Waals surface area (Å²) < 4.78 is 8.38. The van der Waals surface area contributed by atoms with Crippen LogP contribution in [-0.4, -0.2) is 24.2 Å². The van der Waals surface area contributed by atoms with E-state index in [1.807, 2.05) is 19.2 Å². The van der Waals surface area contributed by atoms with Crippen molar-refractivity contribution in [1.29, 1.82) is 0 Å². The van der Waals surface area contributed by atoms with Gasteiger partial charge in [0.2, 0.25) is 0 Å². The maximum absolute atomic E-state index is 5.88. The SMILES string of the molecule is CCOc1cccc2c1ncc1c(C)c([Si](C)(C)C)n(-c3ccccc3C)c12. The van der Waals surface area contributed by atoms with Gasteiger partial charge in [-0.05, 0) is 44.0 Å². The van der Waals surface area contributed by atoms with Gasteiger partial charge in [-0.15, -0.1) is 0 Å². The lowest BCUT2D eigenvalue weighted by atomic mass is 10.1. The number of nitrogens with zero attached hydrogens (tertiary/aromatic N) is 2. The third-order valence-electron chi connectivity index (χ3n) is 5.41. The second kappa shape index (κ2) is 6.78. The molecule has 28 heavy (non-hydrogen) atoms. The van der Waals surface area contributed by atoms with Gasteiger partial charge >= 0.3 is 0 Å². The van der Waals surface area contributed by atoms with Crippen molar-refractivity contribution < 1.29 is 4.74 Å². The number of aryl methyl sites for hydroxylation is 2. The van der Waals surface area contributed by atoms with Crippen molar-refractivity contribution in [2.75, 3.05) is 6.61 Å². The van der Waals surface area contributed by atoms with Gasteiger partial charge in [-0.25, -0.2) is 0 Å². The zero-order chi connectivity index (χ0) is 20.1. The lowest BCUT2D eigenvalue weighted by Crippen LogP contribution is -2.44. The van der Waals surface area contributed by atoms with Gasteiger partial charge < -0.3 is 9.30 Å². The van der Waals surface area contributed by atoms with E-state index in [1.165, 1.54) is 33.0 Å². The largest absolute Gasteiger partial charge is 0.492 e. The second-order valence-corrected chi connectivity index (χ2v) is 13.4. The van der Waals surface area contributed by atoms with Crippen LogP contribution >= 0.6 is 0 Å². The van der Waals surface area contributed by atoms with Crippen LogP contribution < -0.4 is 10.1 Å². The van der Waals surface area contributed by atoms with Gasteiger partial charge in [0.25, 0.3) is 0 Å². The summed E-state index contributed by atoms with van der Waals surface area (Å²) in [5.74, 6) is 0.853. The average molecular weight is 389 g/mol. The molecule has 2 heterocycles. The van der Waals surface area contributed by atoms with E-state index in [0.29, 0.717) is 6.61 Å². The standard InChI is InChI=1S/C24H28N2OSi/c1-7-27-21-14-10-12-18-22(21)25-15-19-17(3)24(28(4,5)6)26(23(18)19)20-13-9-8-11-16(20)2/h8-15H,7H2,1-6H3. The van der Waals surface area contributed by atoms with Crippen molar-refractivity contribution in [3.63, 3.8) is 0 Å². The Balaban J connectivity index is 2.24. The van der Waals surface area contributed by atoms with Gasteiger partial charge in [0.05, 0.1) is 20.2 Å². The van der Waals surface area contributed by atoms with Crippen LogP contribution in [0.15, 0.2) is 48.7 Å². The normalized spacial score (nSPS) is 12.1. The molecule has 0 N–H and O–H groups in total. The molecule has 0 fully saturated rings. The molecule has 0 unspecified atom stereocenters. The first-order chi connectivity index (χ1) is 13.3. The van der Waals surface area contributed by atoms with Crippen LogP contribution in [0.2, 0.25) is 19.6 Å². The smallest absolute Gasteiger partial charge is 0.145 e. The molecule has 4 heteroatoms. The topological polar surface area (TPSA) is 27.1 Å². The highest BCUT2D eigenvalue weighted by atomic mass is 28.3. The summed E-state index contributed by atoms with van der Waals surface area (Å²) in [4.78, 5) is 4.82. The Bertz CT molecular complexity index is 1180. The number of hydrogen-bond donors (Lipinski definition) is 0. The first kappa shape index (κ1) is 18.8. The fraction of sp³-hybridized carbons (Fsp3) is 0.292. The molecule has 0 bridgehead atoms. The first-order valence-electron chi connectivity index (χ1n) is 9.96. The van der Waals surface area contributed by atoms with Gasteiger partial charge in [0, 0.05) is 28.0 Å². The van der Waals surface area contributed by atoms with E-state index in [9.17, 15) is 0 Å². The summed E-state index contributed by atoms with van der Waals surface area (Å²) >= 11 is 0. The summed E-state index contributed by atoms with van der Waals surface area (Å²) in [5.41, 5.74) is 6.08. The maximum atomic E-state index is 5.88. The number of ether oxygens (including phenoxy) is 1. The number of benzene rings is 2. The van der Waals surface area contributed by atoms with Crippen LogP contribution in [0.25, 0.3) is 27.5 Å². The quantitative estimate of drug-likeness (QED) is 0.417. The molecule has 0 aliphatic carbocycles. The molecule has 2 aromatic carbocycles. The fourth-order valence-electron chi connectivity index (χ4n) is 4.33. The summed E-state index contributed by atoms with van der Waals surface area (Å²) in [7, 11) is -1.62. The fourth-order valence-corrected chi connectivity index (χ4v) is 6.49. The molecule has 0 saturated heterocycles. The van der Waals surface area contributed by atoms with Crippen LogP contribution in [0.3, 0.4) is 0 Å². The molecule has 0 radical (unpaired) electrons. The van der Waals surface area contributed by atoms with Crippen molar-refractivity contribution in [2.24, 2.45) is 0 Å². The zero-order valence-electron chi connectivity index (χ0n) is 17.6. The van der Waals surface area contributed by atoms with E-state index in [0.717, 1.165) is 16.7 Å². The predicted molar refractivity (Wildman–Crippen MR) is 122 cm³/mol. The average Bonchev–Trinajstić information content (AvgIpc) is 2.96. The number of para-hydroxylation sites is 2. The molecule has 0 spiro atoms. The van der Waals surface area contributed by atoms with Crippen LogP contribution in [0.1, 0.15) is 18.1 Å². The predicted octanol–water partition coefficient (Wildman–Crippen LogP) is 5.74. The minimum Gasteiger partial charge on any atom is -0.492 e. The van der Waals surface area contributed by atoms with Crippen molar-refractivity contribution in [2.45, 2.75) is 40.4 Å². The lowest BCUT2D eigenvalue weighted by Gasteiger charge is -2.23. The third kappa shape index (κ3) is 2.83. The molecule has 4 rings (SSSR count). The zero-order valence-corrected chi connectivity index (χ0v) is 18.6. The molecule has 0 atom stereocenters. The first-order valence-corrected chi connectivity index (χ1v) is 13.5. The van der Waals surface area contributed by atoms with Crippen LogP contribution in [0, 0.1) is 13.8 Å². The number of pyridine rings is 1. The highest BCUT2D eigenvalue weighted by Crippen LogP contribution is 2.34. The van der Waals surface area contributed by atoms with E-state index in [1.54, 1.807) is 0 Å². The second-order valence-electron chi connectivity index (χ2n) is 8.45. The molecule has 0 aliphatic rings. The molecule has 0 aliphatic heterocycles. The van der Waals surface area contributed by atoms with E-state index in [4.69, 9.17) is 9.72 Å². The molecule has 2 aromatic heterocycles. The summed E-state index contributed by atoms with van der Waals surface area (Å²) in [6, 6.07) is 14.9. The van der Waals surface area contributed by atoms with E-state index in [2.05, 4.69) is 74.5 Å². The van der Waals surface area contributed by atoms with E-state index in [-0.39, 0.29) is 0 Å². The molecule has 4 aromatic rings. The third-order valence-corrected chi connectivity index (χ3v) is 7.42. The van der Waals surface area contributed by atoms with Gasteiger partial charge in [-0.2, -0.15) is 0 Å². The Morgan fingerprint density at radius 3 is 2.39 bits per heavy atom. The minimum absolute atomic E-state index is 0.636. The molecule has 0 saturated carbocycles. The van der Waals surface area contributed by atoms with Crippen molar-refractivity contribution in [3.05, 3.63) is 59.8 Å². The minimum atomic E-state index is -1.62. The van der Waals surface area contributed by atoms with Gasteiger partial charge in [-0.1, -0.05) is 50.0 Å². The number of aromatic nitrogens is 2. The van der Waals surface area contributed by atoms with Crippen molar-refractivity contribution >= 4 is 35.2 Å². The van der Waals surface area contributed by atoms with E-state index < -0.39 is 8.07 Å². The van der Waals surface area contributed by atoms with E-state index >= 15 is 0 Å². The van der Waals surface area contributed by atoms with Crippen LogP contribution in [-0.2, 0) is 0 Å². The number of hydrogen-bond acceptors (Lipinski definition) is 2. The maximum Gasteiger partial charge on any atom is 0.145 e. The highest BCUT2D eigenvalue weighted by molar-refractivity contribution is 6.89. The Labute approximate surface area is 168 Å². The van der Waals surface area contributed by atoms with Crippen molar-refractivity contribution in [1.82, 2.24) is 9.55 Å². The van der Waals surface area contributed by atoms with Crippen LogP contribution in [0.4, 0.5) is 0 Å². The Morgan fingerprint density at radius 1 is 0.964 bits per heavy atom. The monoisotopic (exact) mass is 388 g/mol. The molecular weight excluding hydrogens is 360 g/mol. The summed E-state index contributed by atoms with van der Waals surface area (Å²) in [6.45, 7) is 14.4. The Hall–Kier alpha value is -2.59. The Morgan fingerprint density at radius 2 is 1.71 bits per heavy atom. The van der Waals surface area contributed by atoms with Gasteiger partial charge in [0.1, 0.15) is 11.3 Å². The van der Waals surface area contributed by atoms with Crippen LogP contribution in [0.5, 0.6) is 5.75 Å². The number of fused-ring (bicyclic) bond motifs is 3. The lowest BCUT2D eigenvalue weighted by molar-refractivity contribution is 0.343. The summed E-state index contributed by atoms with van der Waals surface area (Å²) in [5, 5.41) is 3.86. The molecule has 144 valence electrons. The highest BCUT2D eigenvalue weighted by Gasteiger charge is 2.29. The van der Waals surface area contributed by atoms with Gasteiger partial charge in [0.15, 0.2) is 0 Å². The molecule has 0 amide bonds. The number of rotatable bonds is 4. The molecular formula is C24H28N2OSi. The molecule has 3 nitrogen and oxygen atoms in total. The Kier molecular flexibility index (Phi) is 4.54. The van der Waals surface area contributed by atoms with Gasteiger partial charge in [-0.3, -0.25) is 4.98 Å². The van der Waals surface area contributed by atoms with Crippen molar-refractivity contribution in [3.8, 4) is 11.4 Å².